The second-order valence-corrected chi connectivity index (χ2v) is 4.29. The SMILES string of the molecule is CCc1c(C(N)=S)nnn1Cc1ccccc1F. The molecule has 2 rings (SSSR count). The Morgan fingerprint density at radius 2 is 2.17 bits per heavy atom. The van der Waals surface area contributed by atoms with Crippen LogP contribution in [0, 0.1) is 5.82 Å². The number of halogens is 1. The minimum absolute atomic E-state index is 0.214. The monoisotopic (exact) mass is 264 g/mol. The third-order valence-corrected chi connectivity index (χ3v) is 2.88. The lowest BCUT2D eigenvalue weighted by Crippen LogP contribution is -2.14. The lowest BCUT2D eigenvalue weighted by molar-refractivity contribution is 0.567. The number of nitrogens with zero attached hydrogens (tertiary/aromatic N) is 3. The van der Waals surface area contributed by atoms with E-state index in [0.717, 1.165) is 5.69 Å². The fourth-order valence-electron chi connectivity index (χ4n) is 1.79. The Balaban J connectivity index is 2.35. The van der Waals surface area contributed by atoms with Gasteiger partial charge in [-0.1, -0.05) is 42.6 Å². The summed E-state index contributed by atoms with van der Waals surface area (Å²) >= 11 is 4.91. The van der Waals surface area contributed by atoms with Gasteiger partial charge < -0.3 is 5.73 Å². The van der Waals surface area contributed by atoms with Crippen molar-refractivity contribution in [3.05, 3.63) is 47.0 Å². The summed E-state index contributed by atoms with van der Waals surface area (Å²) in [5.41, 5.74) is 7.47. The largest absolute Gasteiger partial charge is 0.388 e. The molecule has 1 aromatic carbocycles. The van der Waals surface area contributed by atoms with Crippen LogP contribution in [0.25, 0.3) is 0 Å². The van der Waals surface area contributed by atoms with Crippen LogP contribution in [0.5, 0.6) is 0 Å². The number of thiocarbonyl (C=S) groups is 1. The minimum atomic E-state index is -0.257. The molecule has 94 valence electrons. The molecule has 0 amide bonds. The summed E-state index contributed by atoms with van der Waals surface area (Å²) in [6.45, 7) is 2.28. The molecule has 6 heteroatoms. The number of rotatable bonds is 4. The van der Waals surface area contributed by atoms with Crippen LogP contribution >= 0.6 is 12.2 Å². The van der Waals surface area contributed by atoms with Crippen molar-refractivity contribution in [1.82, 2.24) is 15.0 Å². The first-order valence-corrected chi connectivity index (χ1v) is 6.00. The molecule has 0 aliphatic carbocycles. The van der Waals surface area contributed by atoms with Crippen molar-refractivity contribution in [2.45, 2.75) is 19.9 Å². The zero-order valence-electron chi connectivity index (χ0n) is 9.93. The van der Waals surface area contributed by atoms with Crippen LogP contribution in [0.1, 0.15) is 23.9 Å². The highest BCUT2D eigenvalue weighted by Crippen LogP contribution is 2.12. The average Bonchev–Trinajstić information content (AvgIpc) is 2.75. The van der Waals surface area contributed by atoms with E-state index in [0.29, 0.717) is 24.2 Å². The fraction of sp³-hybridized carbons (Fsp3) is 0.250. The van der Waals surface area contributed by atoms with Crippen LogP contribution in [0.3, 0.4) is 0 Å². The van der Waals surface area contributed by atoms with Gasteiger partial charge in [0.1, 0.15) is 16.5 Å². The van der Waals surface area contributed by atoms with Crippen molar-refractivity contribution in [2.24, 2.45) is 5.73 Å². The number of aromatic nitrogens is 3. The van der Waals surface area contributed by atoms with Crippen LogP contribution in [0.15, 0.2) is 24.3 Å². The fourth-order valence-corrected chi connectivity index (χ4v) is 1.95. The van der Waals surface area contributed by atoms with Gasteiger partial charge in [-0.15, -0.1) is 5.10 Å². The molecule has 0 saturated heterocycles. The van der Waals surface area contributed by atoms with Crippen LogP contribution in [-0.4, -0.2) is 20.0 Å². The Morgan fingerprint density at radius 3 is 2.78 bits per heavy atom. The van der Waals surface area contributed by atoms with E-state index in [4.69, 9.17) is 18.0 Å². The van der Waals surface area contributed by atoms with E-state index in [1.807, 2.05) is 6.92 Å². The summed E-state index contributed by atoms with van der Waals surface area (Å²) in [7, 11) is 0. The van der Waals surface area contributed by atoms with Gasteiger partial charge in [-0.3, -0.25) is 0 Å². The Bertz CT molecular complexity index is 579. The van der Waals surface area contributed by atoms with E-state index in [1.54, 1.807) is 22.9 Å². The van der Waals surface area contributed by atoms with Gasteiger partial charge in [0.15, 0.2) is 0 Å². The second-order valence-electron chi connectivity index (χ2n) is 3.85. The highest BCUT2D eigenvalue weighted by molar-refractivity contribution is 7.80. The predicted molar refractivity (Wildman–Crippen MR) is 70.8 cm³/mol. The molecule has 0 aliphatic heterocycles. The normalized spacial score (nSPS) is 10.6. The molecule has 0 radical (unpaired) electrons. The van der Waals surface area contributed by atoms with Gasteiger partial charge in [0, 0.05) is 5.56 Å². The van der Waals surface area contributed by atoms with Crippen molar-refractivity contribution >= 4 is 17.2 Å². The number of hydrogen-bond donors (Lipinski definition) is 1. The molecule has 2 N–H and O–H groups in total. The van der Waals surface area contributed by atoms with Gasteiger partial charge in [-0.05, 0) is 12.5 Å². The Morgan fingerprint density at radius 1 is 1.44 bits per heavy atom. The smallest absolute Gasteiger partial charge is 0.143 e. The molecule has 4 nitrogen and oxygen atoms in total. The quantitative estimate of drug-likeness (QED) is 0.853. The van der Waals surface area contributed by atoms with Crippen LogP contribution in [0.2, 0.25) is 0 Å². The van der Waals surface area contributed by atoms with Gasteiger partial charge >= 0.3 is 0 Å². The Hall–Kier alpha value is -1.82. The van der Waals surface area contributed by atoms with Crippen molar-refractivity contribution in [3.8, 4) is 0 Å². The maximum atomic E-state index is 13.6. The van der Waals surface area contributed by atoms with E-state index in [9.17, 15) is 4.39 Å². The number of benzene rings is 1. The molecule has 2 aromatic rings. The molecular formula is C12H13FN4S. The summed E-state index contributed by atoms with van der Waals surface area (Å²) in [4.78, 5) is 0.214. The van der Waals surface area contributed by atoms with Crippen LogP contribution in [0.4, 0.5) is 4.39 Å². The molecule has 0 fully saturated rings. The van der Waals surface area contributed by atoms with Crippen molar-refractivity contribution in [3.63, 3.8) is 0 Å². The lowest BCUT2D eigenvalue weighted by Gasteiger charge is -2.06. The maximum Gasteiger partial charge on any atom is 0.143 e. The summed E-state index contributed by atoms with van der Waals surface area (Å²) < 4.78 is 15.2. The highest BCUT2D eigenvalue weighted by atomic mass is 32.1. The molecule has 0 bridgehead atoms. The number of hydrogen-bond acceptors (Lipinski definition) is 3. The molecule has 18 heavy (non-hydrogen) atoms. The Labute approximate surface area is 110 Å². The zero-order valence-corrected chi connectivity index (χ0v) is 10.7. The number of nitrogens with two attached hydrogens (primary N) is 1. The third kappa shape index (κ3) is 2.38. The molecular weight excluding hydrogens is 251 g/mol. The first-order valence-electron chi connectivity index (χ1n) is 5.59. The first-order chi connectivity index (χ1) is 8.63. The summed E-state index contributed by atoms with van der Waals surface area (Å²) in [5.74, 6) is -0.257. The van der Waals surface area contributed by atoms with Crippen molar-refractivity contribution in [1.29, 1.82) is 0 Å². The summed E-state index contributed by atoms with van der Waals surface area (Å²) in [6.07, 6.45) is 0.689. The van der Waals surface area contributed by atoms with Crippen molar-refractivity contribution in [2.75, 3.05) is 0 Å². The average molecular weight is 264 g/mol. The van der Waals surface area contributed by atoms with E-state index < -0.39 is 0 Å². The second kappa shape index (κ2) is 5.22. The highest BCUT2D eigenvalue weighted by Gasteiger charge is 2.14. The standard InChI is InChI=1S/C12H13FN4S/c1-2-10-11(12(14)18)15-16-17(10)7-8-5-3-4-6-9(8)13/h3-6H,2,7H2,1H3,(H2,14,18). The summed E-state index contributed by atoms with van der Waals surface area (Å²) in [6, 6.07) is 6.58. The first kappa shape index (κ1) is 12.6. The van der Waals surface area contributed by atoms with E-state index in [-0.39, 0.29) is 10.8 Å². The topological polar surface area (TPSA) is 56.7 Å². The Kier molecular flexibility index (Phi) is 3.66. The van der Waals surface area contributed by atoms with E-state index in [2.05, 4.69) is 10.3 Å². The maximum absolute atomic E-state index is 13.6. The molecule has 1 heterocycles. The molecule has 0 spiro atoms. The van der Waals surface area contributed by atoms with Gasteiger partial charge in [0.05, 0.1) is 12.2 Å². The summed E-state index contributed by atoms with van der Waals surface area (Å²) in [5, 5.41) is 7.91. The molecule has 1 aromatic heterocycles. The molecule has 0 atom stereocenters. The minimum Gasteiger partial charge on any atom is -0.388 e. The van der Waals surface area contributed by atoms with Gasteiger partial charge in [-0.2, -0.15) is 0 Å². The molecule has 0 unspecified atom stereocenters. The van der Waals surface area contributed by atoms with Gasteiger partial charge in [0.2, 0.25) is 0 Å². The van der Waals surface area contributed by atoms with Gasteiger partial charge in [0.25, 0.3) is 0 Å². The van der Waals surface area contributed by atoms with Crippen LogP contribution in [-0.2, 0) is 13.0 Å². The lowest BCUT2D eigenvalue weighted by atomic mass is 10.2. The van der Waals surface area contributed by atoms with E-state index >= 15 is 0 Å². The zero-order chi connectivity index (χ0) is 13.1. The van der Waals surface area contributed by atoms with E-state index in [1.165, 1.54) is 6.07 Å². The van der Waals surface area contributed by atoms with Gasteiger partial charge in [-0.25, -0.2) is 9.07 Å². The van der Waals surface area contributed by atoms with Crippen LogP contribution < -0.4 is 5.73 Å². The predicted octanol–water partition coefficient (Wildman–Crippen LogP) is 1.66. The van der Waals surface area contributed by atoms with Crippen molar-refractivity contribution < 1.29 is 4.39 Å². The molecule has 0 aliphatic rings. The molecule has 0 saturated carbocycles. The third-order valence-electron chi connectivity index (χ3n) is 2.68.